The van der Waals surface area contributed by atoms with Gasteiger partial charge in [-0.15, -0.1) is 0 Å². The van der Waals surface area contributed by atoms with Crippen LogP contribution in [0.3, 0.4) is 0 Å². The van der Waals surface area contributed by atoms with E-state index in [2.05, 4.69) is 12.0 Å². The molecule has 0 aromatic carbocycles. The molecule has 23 heavy (non-hydrogen) atoms. The molecule has 1 N–H and O–H groups in total. The molecule has 2 fully saturated rings. The normalized spacial score (nSPS) is 21.0. The van der Waals surface area contributed by atoms with Gasteiger partial charge in [-0.2, -0.15) is 5.10 Å². The first kappa shape index (κ1) is 16.0. The van der Waals surface area contributed by atoms with E-state index in [9.17, 15) is 9.59 Å². The van der Waals surface area contributed by atoms with Crippen LogP contribution in [0.4, 0.5) is 0 Å². The standard InChI is InChI=1S/C17H25N3O3/c1-3-17(7-4-8-17)16(23)19-9-5-13(6-10-19)20-12(2)14(11-18-20)15(21)22/h11,13H,3-10H2,1-2H3,(H,21,22). The van der Waals surface area contributed by atoms with Gasteiger partial charge in [0.15, 0.2) is 0 Å². The van der Waals surface area contributed by atoms with Crippen LogP contribution < -0.4 is 0 Å². The lowest BCUT2D eigenvalue weighted by atomic mass is 9.66. The predicted octanol–water partition coefficient (Wildman–Crippen LogP) is 2.63. The minimum absolute atomic E-state index is 0.0923. The summed E-state index contributed by atoms with van der Waals surface area (Å²) in [7, 11) is 0. The van der Waals surface area contributed by atoms with Crippen LogP contribution in [0.15, 0.2) is 6.20 Å². The summed E-state index contributed by atoms with van der Waals surface area (Å²) < 4.78 is 1.82. The summed E-state index contributed by atoms with van der Waals surface area (Å²) in [5.74, 6) is -0.607. The van der Waals surface area contributed by atoms with Gasteiger partial charge in [0, 0.05) is 18.5 Å². The van der Waals surface area contributed by atoms with Crippen molar-refractivity contribution in [1.29, 1.82) is 0 Å². The number of aromatic nitrogens is 2. The maximum atomic E-state index is 12.8. The third-order valence-corrected chi connectivity index (χ3v) is 5.81. The van der Waals surface area contributed by atoms with Crippen molar-refractivity contribution in [3.63, 3.8) is 0 Å². The third kappa shape index (κ3) is 2.64. The van der Waals surface area contributed by atoms with Crippen molar-refractivity contribution in [2.24, 2.45) is 5.41 Å². The lowest BCUT2D eigenvalue weighted by Gasteiger charge is -2.45. The van der Waals surface area contributed by atoms with E-state index in [1.165, 1.54) is 12.6 Å². The molecular formula is C17H25N3O3. The second kappa shape index (κ2) is 5.98. The Hall–Kier alpha value is -1.85. The minimum Gasteiger partial charge on any atom is -0.478 e. The monoisotopic (exact) mass is 319 g/mol. The molecule has 2 aliphatic rings. The number of carbonyl (C=O) groups is 2. The molecular weight excluding hydrogens is 294 g/mol. The maximum Gasteiger partial charge on any atom is 0.339 e. The molecule has 0 radical (unpaired) electrons. The van der Waals surface area contributed by atoms with Crippen molar-refractivity contribution >= 4 is 11.9 Å². The average molecular weight is 319 g/mol. The minimum atomic E-state index is -0.934. The zero-order valence-electron chi connectivity index (χ0n) is 13.9. The molecule has 1 aromatic heterocycles. The van der Waals surface area contributed by atoms with Gasteiger partial charge >= 0.3 is 5.97 Å². The number of hydrogen-bond acceptors (Lipinski definition) is 3. The Labute approximate surface area is 136 Å². The van der Waals surface area contributed by atoms with E-state index in [-0.39, 0.29) is 17.0 Å². The Balaban J connectivity index is 1.65. The zero-order valence-corrected chi connectivity index (χ0v) is 13.9. The lowest BCUT2D eigenvalue weighted by molar-refractivity contribution is -0.149. The smallest absolute Gasteiger partial charge is 0.339 e. The van der Waals surface area contributed by atoms with E-state index in [4.69, 9.17) is 5.11 Å². The van der Waals surface area contributed by atoms with E-state index in [0.717, 1.165) is 45.2 Å². The number of amides is 1. The highest BCUT2D eigenvalue weighted by molar-refractivity contribution is 5.88. The quantitative estimate of drug-likeness (QED) is 0.925. The number of likely N-dealkylation sites (tertiary alicyclic amines) is 1. The molecule has 0 bridgehead atoms. The van der Waals surface area contributed by atoms with Crippen molar-refractivity contribution < 1.29 is 14.7 Å². The first-order valence-corrected chi connectivity index (χ1v) is 8.55. The van der Waals surface area contributed by atoms with Gasteiger partial charge in [0.1, 0.15) is 5.56 Å². The number of nitrogens with zero attached hydrogens (tertiary/aromatic N) is 3. The highest BCUT2D eigenvalue weighted by Crippen LogP contribution is 2.45. The van der Waals surface area contributed by atoms with Crippen LogP contribution in [0.1, 0.15) is 67.5 Å². The van der Waals surface area contributed by atoms with Crippen LogP contribution in [0.2, 0.25) is 0 Å². The van der Waals surface area contributed by atoms with Gasteiger partial charge in [-0.3, -0.25) is 9.48 Å². The van der Waals surface area contributed by atoms with E-state index in [1.54, 1.807) is 6.92 Å². The number of rotatable bonds is 4. The summed E-state index contributed by atoms with van der Waals surface area (Å²) in [6.07, 6.45) is 7.27. The van der Waals surface area contributed by atoms with Gasteiger partial charge in [0.2, 0.25) is 5.91 Å². The molecule has 1 saturated heterocycles. The molecule has 6 nitrogen and oxygen atoms in total. The first-order chi connectivity index (χ1) is 11.0. The molecule has 1 aliphatic carbocycles. The van der Waals surface area contributed by atoms with Crippen LogP contribution in [-0.4, -0.2) is 44.8 Å². The van der Waals surface area contributed by atoms with Crippen molar-refractivity contribution in [2.75, 3.05) is 13.1 Å². The predicted molar refractivity (Wildman–Crippen MR) is 85.3 cm³/mol. The molecule has 1 amide bonds. The van der Waals surface area contributed by atoms with Crippen LogP contribution in [0.5, 0.6) is 0 Å². The second-order valence-corrected chi connectivity index (χ2v) is 6.90. The van der Waals surface area contributed by atoms with Gasteiger partial charge in [0.25, 0.3) is 0 Å². The van der Waals surface area contributed by atoms with Gasteiger partial charge in [-0.05, 0) is 39.0 Å². The fraction of sp³-hybridized carbons (Fsp3) is 0.706. The van der Waals surface area contributed by atoms with E-state index < -0.39 is 5.97 Å². The molecule has 1 aromatic rings. The van der Waals surface area contributed by atoms with Gasteiger partial charge in [-0.25, -0.2) is 4.79 Å². The Kier molecular flexibility index (Phi) is 4.17. The topological polar surface area (TPSA) is 75.4 Å². The Morgan fingerprint density at radius 1 is 1.35 bits per heavy atom. The van der Waals surface area contributed by atoms with Crippen molar-refractivity contribution in [3.05, 3.63) is 17.5 Å². The summed E-state index contributed by atoms with van der Waals surface area (Å²) >= 11 is 0. The number of carbonyl (C=O) groups excluding carboxylic acids is 1. The fourth-order valence-corrected chi connectivity index (χ4v) is 3.97. The molecule has 1 saturated carbocycles. The van der Waals surface area contributed by atoms with Crippen LogP contribution >= 0.6 is 0 Å². The second-order valence-electron chi connectivity index (χ2n) is 6.90. The molecule has 6 heteroatoms. The van der Waals surface area contributed by atoms with E-state index >= 15 is 0 Å². The third-order valence-electron chi connectivity index (χ3n) is 5.81. The van der Waals surface area contributed by atoms with Crippen LogP contribution in [-0.2, 0) is 4.79 Å². The van der Waals surface area contributed by atoms with Crippen molar-refractivity contribution in [1.82, 2.24) is 14.7 Å². The Morgan fingerprint density at radius 2 is 2.00 bits per heavy atom. The molecule has 3 rings (SSSR count). The summed E-state index contributed by atoms with van der Waals surface area (Å²) in [6.45, 7) is 5.40. The first-order valence-electron chi connectivity index (χ1n) is 8.55. The summed E-state index contributed by atoms with van der Waals surface area (Å²) in [4.78, 5) is 25.9. The van der Waals surface area contributed by atoms with Crippen LogP contribution in [0, 0.1) is 12.3 Å². The molecule has 126 valence electrons. The Morgan fingerprint density at radius 3 is 2.43 bits per heavy atom. The molecule has 1 aliphatic heterocycles. The molecule has 0 spiro atoms. The van der Waals surface area contributed by atoms with E-state index in [1.807, 2.05) is 9.58 Å². The van der Waals surface area contributed by atoms with Crippen molar-refractivity contribution in [2.45, 2.75) is 58.4 Å². The largest absolute Gasteiger partial charge is 0.478 e. The van der Waals surface area contributed by atoms with Gasteiger partial charge in [0.05, 0.1) is 17.9 Å². The zero-order chi connectivity index (χ0) is 16.6. The molecule has 0 atom stereocenters. The summed E-state index contributed by atoms with van der Waals surface area (Å²) in [5.41, 5.74) is 0.875. The van der Waals surface area contributed by atoms with Gasteiger partial charge in [-0.1, -0.05) is 13.3 Å². The van der Waals surface area contributed by atoms with E-state index in [0.29, 0.717) is 11.6 Å². The molecule has 0 unspecified atom stereocenters. The number of hydrogen-bond donors (Lipinski definition) is 1. The van der Waals surface area contributed by atoms with Crippen molar-refractivity contribution in [3.8, 4) is 0 Å². The lowest BCUT2D eigenvalue weighted by Crippen LogP contribution is -2.50. The number of piperidine rings is 1. The highest BCUT2D eigenvalue weighted by atomic mass is 16.4. The number of carboxylic acid groups (broad SMARTS) is 1. The Bertz CT molecular complexity index is 605. The maximum absolute atomic E-state index is 12.8. The number of aromatic carboxylic acids is 1. The fourth-order valence-electron chi connectivity index (χ4n) is 3.97. The average Bonchev–Trinajstić information content (AvgIpc) is 2.88. The van der Waals surface area contributed by atoms with Crippen LogP contribution in [0.25, 0.3) is 0 Å². The summed E-state index contributed by atoms with van der Waals surface area (Å²) in [6, 6.07) is 0.186. The SMILES string of the molecule is CCC1(C(=O)N2CCC(n3ncc(C(=O)O)c3C)CC2)CCC1. The van der Waals surface area contributed by atoms with Gasteiger partial charge < -0.3 is 10.0 Å². The highest BCUT2D eigenvalue weighted by Gasteiger charge is 2.45. The molecule has 2 heterocycles. The summed E-state index contributed by atoms with van der Waals surface area (Å²) in [5, 5.41) is 13.4. The number of carboxylic acids is 1.